The van der Waals surface area contributed by atoms with Crippen molar-refractivity contribution in [1.82, 2.24) is 15.1 Å². The molecule has 1 N–H and O–H groups in total. The van der Waals surface area contributed by atoms with Crippen LogP contribution in [-0.2, 0) is 6.54 Å². The van der Waals surface area contributed by atoms with Crippen molar-refractivity contribution in [3.8, 4) is 0 Å². The molecule has 0 bridgehead atoms. The summed E-state index contributed by atoms with van der Waals surface area (Å²) in [5, 5.41) is 8.22. The van der Waals surface area contributed by atoms with Crippen molar-refractivity contribution in [1.29, 1.82) is 0 Å². The largest absolute Gasteiger partial charge is 0.316 e. The minimum atomic E-state index is 0.694. The average molecular weight is 291 g/mol. The Kier molecular flexibility index (Phi) is 6.28. The van der Waals surface area contributed by atoms with Gasteiger partial charge in [-0.25, -0.2) is 0 Å². The van der Waals surface area contributed by atoms with Crippen molar-refractivity contribution in [2.75, 3.05) is 13.1 Å². The molecule has 1 saturated carbocycles. The zero-order valence-corrected chi connectivity index (χ0v) is 14.3. The quantitative estimate of drug-likeness (QED) is 0.821. The van der Waals surface area contributed by atoms with Crippen LogP contribution in [-0.4, -0.2) is 22.9 Å². The summed E-state index contributed by atoms with van der Waals surface area (Å²) in [6.45, 7) is 12.5. The molecule has 3 atom stereocenters. The molecule has 1 fully saturated rings. The molecule has 2 rings (SSSR count). The Hall–Kier alpha value is -0.830. The third kappa shape index (κ3) is 4.84. The van der Waals surface area contributed by atoms with Gasteiger partial charge in [0.2, 0.25) is 0 Å². The van der Waals surface area contributed by atoms with Gasteiger partial charge in [0.15, 0.2) is 0 Å². The third-order valence-electron chi connectivity index (χ3n) is 4.75. The Labute approximate surface area is 130 Å². The molecule has 0 radical (unpaired) electrons. The molecule has 3 unspecified atom stereocenters. The van der Waals surface area contributed by atoms with Crippen LogP contribution in [0.25, 0.3) is 0 Å². The smallest absolute Gasteiger partial charge is 0.0524 e. The van der Waals surface area contributed by atoms with E-state index >= 15 is 0 Å². The molecule has 0 spiro atoms. The highest BCUT2D eigenvalue weighted by atomic mass is 15.3. The molecular formula is C18H33N3. The standard InChI is InChI=1S/C18H33N3/c1-5-8-21-13-17(12-20-21)18-9-15(4)6-7-16(18)11-19-10-14(2)3/h12-16,18-19H,5-11H2,1-4H3. The molecule has 1 aliphatic carbocycles. The Morgan fingerprint density at radius 1 is 1.38 bits per heavy atom. The monoisotopic (exact) mass is 291 g/mol. The highest BCUT2D eigenvalue weighted by molar-refractivity contribution is 5.14. The Morgan fingerprint density at radius 2 is 2.19 bits per heavy atom. The SMILES string of the molecule is CCCn1cc(C2CC(C)CCC2CNCC(C)C)cn1. The van der Waals surface area contributed by atoms with Crippen LogP contribution in [0.4, 0.5) is 0 Å². The molecule has 1 heterocycles. The molecule has 3 nitrogen and oxygen atoms in total. The maximum atomic E-state index is 4.55. The lowest BCUT2D eigenvalue weighted by Crippen LogP contribution is -2.33. The van der Waals surface area contributed by atoms with E-state index in [2.05, 4.69) is 55.2 Å². The lowest BCUT2D eigenvalue weighted by Gasteiger charge is -2.35. The van der Waals surface area contributed by atoms with Crippen molar-refractivity contribution < 1.29 is 0 Å². The summed E-state index contributed by atoms with van der Waals surface area (Å²) < 4.78 is 2.12. The topological polar surface area (TPSA) is 29.9 Å². The normalized spacial score (nSPS) is 26.4. The zero-order valence-electron chi connectivity index (χ0n) is 14.3. The Bertz CT molecular complexity index is 410. The van der Waals surface area contributed by atoms with Crippen molar-refractivity contribution in [3.63, 3.8) is 0 Å². The molecule has 21 heavy (non-hydrogen) atoms. The molecule has 1 aromatic rings. The van der Waals surface area contributed by atoms with Gasteiger partial charge in [-0.3, -0.25) is 4.68 Å². The van der Waals surface area contributed by atoms with Gasteiger partial charge in [0, 0.05) is 12.7 Å². The molecule has 0 aromatic carbocycles. The first-order valence-electron chi connectivity index (χ1n) is 8.83. The van der Waals surface area contributed by atoms with E-state index in [-0.39, 0.29) is 0 Å². The first-order chi connectivity index (χ1) is 10.1. The van der Waals surface area contributed by atoms with Crippen LogP contribution in [0.3, 0.4) is 0 Å². The summed E-state index contributed by atoms with van der Waals surface area (Å²) in [6.07, 6.45) is 9.63. The molecule has 120 valence electrons. The molecule has 0 saturated heterocycles. The summed E-state index contributed by atoms with van der Waals surface area (Å²) in [7, 11) is 0. The molecular weight excluding hydrogens is 258 g/mol. The Balaban J connectivity index is 1.99. The van der Waals surface area contributed by atoms with E-state index in [1.165, 1.54) is 24.8 Å². The number of hydrogen-bond acceptors (Lipinski definition) is 2. The number of aromatic nitrogens is 2. The van der Waals surface area contributed by atoms with E-state index in [1.807, 2.05) is 0 Å². The van der Waals surface area contributed by atoms with Gasteiger partial charge in [-0.05, 0) is 61.6 Å². The number of aryl methyl sites for hydroxylation is 1. The maximum Gasteiger partial charge on any atom is 0.0524 e. The fourth-order valence-corrected chi connectivity index (χ4v) is 3.58. The van der Waals surface area contributed by atoms with Crippen molar-refractivity contribution in [3.05, 3.63) is 18.0 Å². The van der Waals surface area contributed by atoms with Crippen LogP contribution < -0.4 is 5.32 Å². The van der Waals surface area contributed by atoms with Gasteiger partial charge in [0.1, 0.15) is 0 Å². The number of rotatable bonds is 7. The number of hydrogen-bond donors (Lipinski definition) is 1. The first-order valence-corrected chi connectivity index (χ1v) is 8.83. The van der Waals surface area contributed by atoms with Gasteiger partial charge >= 0.3 is 0 Å². The molecule has 3 heteroatoms. The molecule has 0 aliphatic heterocycles. The van der Waals surface area contributed by atoms with Crippen LogP contribution in [0, 0.1) is 17.8 Å². The minimum absolute atomic E-state index is 0.694. The van der Waals surface area contributed by atoms with E-state index in [4.69, 9.17) is 0 Å². The van der Waals surface area contributed by atoms with E-state index in [9.17, 15) is 0 Å². The summed E-state index contributed by atoms with van der Waals surface area (Å²) in [5.74, 6) is 3.06. The fraction of sp³-hybridized carbons (Fsp3) is 0.833. The van der Waals surface area contributed by atoms with E-state index in [1.54, 1.807) is 0 Å². The maximum absolute atomic E-state index is 4.55. The van der Waals surface area contributed by atoms with Gasteiger partial charge in [0.05, 0.1) is 6.20 Å². The second kappa shape index (κ2) is 7.98. The van der Waals surface area contributed by atoms with Gasteiger partial charge in [-0.2, -0.15) is 5.10 Å². The predicted molar refractivity (Wildman–Crippen MR) is 89.5 cm³/mol. The summed E-state index contributed by atoms with van der Waals surface area (Å²) in [6, 6.07) is 0. The van der Waals surface area contributed by atoms with Crippen molar-refractivity contribution >= 4 is 0 Å². The minimum Gasteiger partial charge on any atom is -0.316 e. The van der Waals surface area contributed by atoms with Crippen LogP contribution in [0.5, 0.6) is 0 Å². The second-order valence-corrected chi connectivity index (χ2v) is 7.37. The first kappa shape index (κ1) is 16.5. The van der Waals surface area contributed by atoms with E-state index in [0.29, 0.717) is 5.92 Å². The van der Waals surface area contributed by atoms with Crippen LogP contribution >= 0.6 is 0 Å². The van der Waals surface area contributed by atoms with Crippen LogP contribution in [0.1, 0.15) is 64.9 Å². The summed E-state index contributed by atoms with van der Waals surface area (Å²) >= 11 is 0. The number of nitrogens with zero attached hydrogens (tertiary/aromatic N) is 2. The summed E-state index contributed by atoms with van der Waals surface area (Å²) in [4.78, 5) is 0. The molecule has 1 aliphatic rings. The van der Waals surface area contributed by atoms with E-state index < -0.39 is 0 Å². The highest BCUT2D eigenvalue weighted by Crippen LogP contribution is 2.40. The zero-order chi connectivity index (χ0) is 15.2. The third-order valence-corrected chi connectivity index (χ3v) is 4.75. The predicted octanol–water partition coefficient (Wildman–Crippen LogP) is 4.06. The van der Waals surface area contributed by atoms with Gasteiger partial charge in [-0.1, -0.05) is 34.1 Å². The van der Waals surface area contributed by atoms with Crippen molar-refractivity contribution in [2.24, 2.45) is 17.8 Å². The second-order valence-electron chi connectivity index (χ2n) is 7.37. The average Bonchev–Trinajstić information content (AvgIpc) is 2.89. The molecule has 1 aromatic heterocycles. The van der Waals surface area contributed by atoms with Gasteiger partial charge < -0.3 is 5.32 Å². The van der Waals surface area contributed by atoms with Gasteiger partial charge in [-0.15, -0.1) is 0 Å². The highest BCUT2D eigenvalue weighted by Gasteiger charge is 2.30. The van der Waals surface area contributed by atoms with Crippen molar-refractivity contribution in [2.45, 2.75) is 65.8 Å². The van der Waals surface area contributed by atoms with Gasteiger partial charge in [0.25, 0.3) is 0 Å². The van der Waals surface area contributed by atoms with Crippen LogP contribution in [0.2, 0.25) is 0 Å². The van der Waals surface area contributed by atoms with Crippen LogP contribution in [0.15, 0.2) is 12.4 Å². The van der Waals surface area contributed by atoms with E-state index in [0.717, 1.165) is 43.8 Å². The Morgan fingerprint density at radius 3 is 2.90 bits per heavy atom. The lowest BCUT2D eigenvalue weighted by atomic mass is 9.72. The summed E-state index contributed by atoms with van der Waals surface area (Å²) in [5.41, 5.74) is 1.46. The fourth-order valence-electron chi connectivity index (χ4n) is 3.58. The number of nitrogens with one attached hydrogen (secondary N) is 1. The molecule has 0 amide bonds. The lowest BCUT2D eigenvalue weighted by molar-refractivity contribution is 0.240.